The highest BCUT2D eigenvalue weighted by Gasteiger charge is 2.28. The number of hydrogen-bond donors (Lipinski definition) is 1. The van der Waals surface area contributed by atoms with Gasteiger partial charge in [0.05, 0.1) is 19.6 Å². The molecule has 0 saturated carbocycles. The molecular weight excluding hydrogens is 396 g/mol. The number of esters is 1. The number of methoxy groups -OCH3 is 1. The molecule has 0 aromatic heterocycles. The van der Waals surface area contributed by atoms with Gasteiger partial charge in [-0.1, -0.05) is 56.7 Å². The van der Waals surface area contributed by atoms with Crippen LogP contribution in [0.25, 0.3) is 0 Å². The second-order valence-corrected chi connectivity index (χ2v) is 7.41. The van der Waals surface area contributed by atoms with E-state index in [9.17, 15) is 14.4 Å². The zero-order valence-electron chi connectivity index (χ0n) is 18.5. The number of likely N-dealkylation sites (N-methyl/N-ethyl adjacent to an activating group) is 1. The van der Waals surface area contributed by atoms with E-state index in [0.717, 1.165) is 12.0 Å². The maximum atomic E-state index is 12.7. The van der Waals surface area contributed by atoms with Crippen molar-refractivity contribution < 1.29 is 23.9 Å². The molecule has 166 valence electrons. The van der Waals surface area contributed by atoms with Crippen molar-refractivity contribution in [1.29, 1.82) is 0 Å². The van der Waals surface area contributed by atoms with E-state index in [1.807, 2.05) is 44.2 Å². The van der Waals surface area contributed by atoms with Crippen LogP contribution in [0.2, 0.25) is 0 Å². The van der Waals surface area contributed by atoms with Gasteiger partial charge in [-0.25, -0.2) is 0 Å². The predicted octanol–water partition coefficient (Wildman–Crippen LogP) is 3.47. The smallest absolute Gasteiger partial charge is 0.314 e. The zero-order valence-corrected chi connectivity index (χ0v) is 18.5. The summed E-state index contributed by atoms with van der Waals surface area (Å²) in [5, 5.41) is 2.71. The average Bonchev–Trinajstić information content (AvgIpc) is 2.78. The Bertz CT molecular complexity index is 885. The fourth-order valence-electron chi connectivity index (χ4n) is 3.13. The number of rotatable bonds is 10. The Morgan fingerprint density at radius 2 is 1.77 bits per heavy atom. The van der Waals surface area contributed by atoms with Crippen molar-refractivity contribution in [2.24, 2.45) is 5.92 Å². The lowest BCUT2D eigenvalue weighted by Gasteiger charge is -2.23. The van der Waals surface area contributed by atoms with Gasteiger partial charge in [-0.3, -0.25) is 14.4 Å². The number of amides is 2. The van der Waals surface area contributed by atoms with Crippen LogP contribution in [0.5, 0.6) is 5.75 Å². The van der Waals surface area contributed by atoms with Crippen LogP contribution in [0.1, 0.15) is 31.7 Å². The Morgan fingerprint density at radius 1 is 1.06 bits per heavy atom. The number of benzene rings is 2. The number of carbonyl (C=O) groups is 3. The molecule has 2 aromatic rings. The van der Waals surface area contributed by atoms with E-state index < -0.39 is 24.4 Å². The van der Waals surface area contributed by atoms with E-state index in [-0.39, 0.29) is 18.4 Å². The Morgan fingerprint density at radius 3 is 2.42 bits per heavy atom. The summed E-state index contributed by atoms with van der Waals surface area (Å²) in [6, 6.07) is 16.3. The summed E-state index contributed by atoms with van der Waals surface area (Å²) in [6.45, 7) is 3.41. The summed E-state index contributed by atoms with van der Waals surface area (Å²) in [5.74, 6) is -1.02. The molecule has 2 atom stereocenters. The van der Waals surface area contributed by atoms with Gasteiger partial charge in [0.1, 0.15) is 5.75 Å². The lowest BCUT2D eigenvalue weighted by Crippen LogP contribution is -2.38. The van der Waals surface area contributed by atoms with Crippen molar-refractivity contribution in [3.63, 3.8) is 0 Å². The Hall–Kier alpha value is -3.35. The van der Waals surface area contributed by atoms with Crippen LogP contribution in [-0.4, -0.2) is 50.0 Å². The maximum Gasteiger partial charge on any atom is 0.314 e. The van der Waals surface area contributed by atoms with Gasteiger partial charge >= 0.3 is 5.97 Å². The van der Waals surface area contributed by atoms with E-state index in [1.165, 1.54) is 19.1 Å². The minimum Gasteiger partial charge on any atom is -0.497 e. The van der Waals surface area contributed by atoms with Crippen molar-refractivity contribution in [2.45, 2.75) is 26.2 Å². The molecule has 0 unspecified atom stereocenters. The Kier molecular flexibility index (Phi) is 9.06. The molecule has 2 amide bonds. The first-order valence-corrected chi connectivity index (χ1v) is 10.2. The molecule has 1 N–H and O–H groups in total. The normalized spacial score (nSPS) is 12.4. The van der Waals surface area contributed by atoms with Crippen LogP contribution in [0.15, 0.2) is 54.6 Å². The molecule has 31 heavy (non-hydrogen) atoms. The Balaban J connectivity index is 1.89. The lowest BCUT2D eigenvalue weighted by atomic mass is 9.86. The summed E-state index contributed by atoms with van der Waals surface area (Å²) in [4.78, 5) is 38.6. The number of carbonyl (C=O) groups excluding carboxylic acids is 3. The molecule has 2 aromatic carbocycles. The topological polar surface area (TPSA) is 84.9 Å². The summed E-state index contributed by atoms with van der Waals surface area (Å²) in [7, 11) is 3.03. The first kappa shape index (κ1) is 23.9. The zero-order chi connectivity index (χ0) is 22.8. The highest BCUT2D eigenvalue weighted by Crippen LogP contribution is 2.28. The molecule has 0 aliphatic carbocycles. The van der Waals surface area contributed by atoms with Gasteiger partial charge in [0.2, 0.25) is 5.91 Å². The van der Waals surface area contributed by atoms with Gasteiger partial charge in [-0.15, -0.1) is 0 Å². The first-order chi connectivity index (χ1) is 14.8. The van der Waals surface area contributed by atoms with Crippen LogP contribution in [-0.2, 0) is 19.1 Å². The van der Waals surface area contributed by atoms with Crippen molar-refractivity contribution in [2.75, 3.05) is 32.6 Å². The molecule has 7 nitrogen and oxygen atoms in total. The van der Waals surface area contributed by atoms with Gasteiger partial charge in [0.15, 0.2) is 6.61 Å². The van der Waals surface area contributed by atoms with Crippen LogP contribution in [0, 0.1) is 5.92 Å². The number of ether oxygens (including phenoxy) is 2. The fraction of sp³-hybridized carbons (Fsp3) is 0.375. The number of hydrogen-bond acceptors (Lipinski definition) is 5. The molecule has 0 radical (unpaired) electrons. The van der Waals surface area contributed by atoms with Gasteiger partial charge in [-0.2, -0.15) is 0 Å². The molecule has 0 aliphatic heterocycles. The van der Waals surface area contributed by atoms with E-state index in [0.29, 0.717) is 11.4 Å². The fourth-order valence-corrected chi connectivity index (χ4v) is 3.13. The second kappa shape index (κ2) is 11.7. The van der Waals surface area contributed by atoms with E-state index in [2.05, 4.69) is 5.32 Å². The third kappa shape index (κ3) is 7.13. The molecule has 0 bridgehead atoms. The number of nitrogens with one attached hydrogen (secondary N) is 1. The first-order valence-electron chi connectivity index (χ1n) is 10.2. The van der Waals surface area contributed by atoms with E-state index >= 15 is 0 Å². The van der Waals surface area contributed by atoms with Crippen molar-refractivity contribution in [1.82, 2.24) is 4.90 Å². The molecule has 0 saturated heterocycles. The molecule has 0 fully saturated rings. The third-order valence-corrected chi connectivity index (χ3v) is 5.12. The second-order valence-electron chi connectivity index (χ2n) is 7.41. The average molecular weight is 427 g/mol. The summed E-state index contributed by atoms with van der Waals surface area (Å²) in [5.41, 5.74) is 1.43. The standard InChI is InChI=1S/C24H30N2O5/c1-5-17(2)23(18-10-7-6-8-11-18)24(29)31-16-22(28)26(3)15-21(27)25-19-12-9-13-20(14-19)30-4/h6-14,17,23H,5,15-16H2,1-4H3,(H,25,27)/t17-,23-/m0/s1. The third-order valence-electron chi connectivity index (χ3n) is 5.12. The van der Waals surface area contributed by atoms with Gasteiger partial charge in [0, 0.05) is 18.8 Å². The van der Waals surface area contributed by atoms with E-state index in [1.54, 1.807) is 24.3 Å². The molecule has 7 heteroatoms. The predicted molar refractivity (Wildman–Crippen MR) is 119 cm³/mol. The van der Waals surface area contributed by atoms with Crippen LogP contribution in [0.3, 0.4) is 0 Å². The Labute approximate surface area is 183 Å². The van der Waals surface area contributed by atoms with Crippen molar-refractivity contribution in [3.05, 3.63) is 60.2 Å². The molecule has 2 rings (SSSR count). The largest absolute Gasteiger partial charge is 0.497 e. The number of anilines is 1. The van der Waals surface area contributed by atoms with E-state index in [4.69, 9.17) is 9.47 Å². The molecule has 0 heterocycles. The van der Waals surface area contributed by atoms with Crippen LogP contribution in [0.4, 0.5) is 5.69 Å². The maximum absolute atomic E-state index is 12.7. The molecular formula is C24H30N2O5. The highest BCUT2D eigenvalue weighted by atomic mass is 16.5. The summed E-state index contributed by atoms with van der Waals surface area (Å²) >= 11 is 0. The quantitative estimate of drug-likeness (QED) is 0.588. The highest BCUT2D eigenvalue weighted by molar-refractivity contribution is 5.95. The van der Waals surface area contributed by atoms with Crippen LogP contribution >= 0.6 is 0 Å². The molecule has 0 spiro atoms. The monoisotopic (exact) mass is 426 g/mol. The van der Waals surface area contributed by atoms with Crippen molar-refractivity contribution in [3.8, 4) is 5.75 Å². The minimum absolute atomic E-state index is 0.0661. The van der Waals surface area contributed by atoms with Gasteiger partial charge < -0.3 is 19.7 Å². The van der Waals surface area contributed by atoms with Crippen LogP contribution < -0.4 is 10.1 Å². The van der Waals surface area contributed by atoms with Crippen molar-refractivity contribution >= 4 is 23.5 Å². The SMILES string of the molecule is CC[C@H](C)[C@H](C(=O)OCC(=O)N(C)CC(=O)Nc1cccc(OC)c1)c1ccccc1. The van der Waals surface area contributed by atoms with Gasteiger partial charge in [-0.05, 0) is 23.6 Å². The van der Waals surface area contributed by atoms with Gasteiger partial charge in [0.25, 0.3) is 5.91 Å². The molecule has 0 aliphatic rings. The minimum atomic E-state index is -0.454. The summed E-state index contributed by atoms with van der Waals surface area (Å²) < 4.78 is 10.4. The summed E-state index contributed by atoms with van der Waals surface area (Å²) in [6.07, 6.45) is 0.799. The number of nitrogens with zero attached hydrogens (tertiary/aromatic N) is 1. The lowest BCUT2D eigenvalue weighted by molar-refractivity contribution is -0.154.